The first-order valence-corrected chi connectivity index (χ1v) is 11.7. The molecule has 5 N–H and O–H groups in total. The van der Waals surface area contributed by atoms with Gasteiger partial charge in [0.1, 0.15) is 0 Å². The van der Waals surface area contributed by atoms with Gasteiger partial charge in [0.15, 0.2) is 0 Å². The van der Waals surface area contributed by atoms with Crippen LogP contribution < -0.4 is 10.6 Å². The molecule has 11 heteroatoms. The average molecular weight is 480 g/mol. The van der Waals surface area contributed by atoms with Gasteiger partial charge in [-0.1, -0.05) is 44.2 Å². The number of rotatable bonds is 11. The monoisotopic (exact) mass is 479 g/mol. The standard InChI is InChI=1S/C22H29N3O7S/c1-15(2)13-25(33(31,32)18-10-8-17(9-11-18)23-21(27)28)14-20(26)19(24-22(29)30)12-16-6-4-3-5-7-16/h3-11,15,19-20,23-24,26H,12-14H2,1-2H3,(H,27,28)(H,29,30). The second-order valence-electron chi connectivity index (χ2n) is 7.98. The molecule has 0 spiro atoms. The lowest BCUT2D eigenvalue weighted by Crippen LogP contribution is -2.50. The zero-order chi connectivity index (χ0) is 24.6. The zero-order valence-corrected chi connectivity index (χ0v) is 19.2. The molecule has 0 saturated carbocycles. The Morgan fingerprint density at radius 3 is 2.06 bits per heavy atom. The normalized spacial score (nSPS) is 13.5. The predicted octanol–water partition coefficient (Wildman–Crippen LogP) is 2.66. The number of carbonyl (C=O) groups is 2. The molecule has 10 nitrogen and oxygen atoms in total. The Morgan fingerprint density at radius 1 is 0.939 bits per heavy atom. The van der Waals surface area contributed by atoms with E-state index in [1.807, 2.05) is 19.9 Å². The van der Waals surface area contributed by atoms with Gasteiger partial charge < -0.3 is 20.6 Å². The molecule has 2 aromatic carbocycles. The molecule has 2 atom stereocenters. The predicted molar refractivity (Wildman–Crippen MR) is 123 cm³/mol. The van der Waals surface area contributed by atoms with Gasteiger partial charge in [-0.05, 0) is 42.2 Å². The average Bonchev–Trinajstić information content (AvgIpc) is 2.73. The Labute approximate surface area is 192 Å². The molecule has 180 valence electrons. The van der Waals surface area contributed by atoms with E-state index in [0.717, 1.165) is 9.87 Å². The first kappa shape index (κ1) is 26.1. The molecule has 0 heterocycles. The van der Waals surface area contributed by atoms with Gasteiger partial charge in [-0.2, -0.15) is 4.31 Å². The largest absolute Gasteiger partial charge is 0.465 e. The minimum atomic E-state index is -4.05. The van der Waals surface area contributed by atoms with Crippen molar-refractivity contribution in [2.45, 2.75) is 37.3 Å². The van der Waals surface area contributed by atoms with Gasteiger partial charge >= 0.3 is 12.2 Å². The minimum absolute atomic E-state index is 0.0695. The number of anilines is 1. The first-order valence-electron chi connectivity index (χ1n) is 10.3. The Kier molecular flexibility index (Phi) is 9.21. The molecule has 0 aliphatic rings. The number of carboxylic acid groups (broad SMARTS) is 2. The number of aliphatic hydroxyl groups is 1. The van der Waals surface area contributed by atoms with Gasteiger partial charge in [0.25, 0.3) is 0 Å². The minimum Gasteiger partial charge on any atom is -0.465 e. The van der Waals surface area contributed by atoms with Crippen molar-refractivity contribution in [3.05, 3.63) is 60.2 Å². The summed E-state index contributed by atoms with van der Waals surface area (Å²) in [5.41, 5.74) is 1.00. The van der Waals surface area contributed by atoms with Crippen LogP contribution in [0.25, 0.3) is 0 Å². The molecule has 0 radical (unpaired) electrons. The fraction of sp³-hybridized carbons (Fsp3) is 0.364. The van der Waals surface area contributed by atoms with E-state index >= 15 is 0 Å². The quantitative estimate of drug-likeness (QED) is 0.332. The molecule has 33 heavy (non-hydrogen) atoms. The SMILES string of the molecule is CC(C)CN(CC(O)C(Cc1ccccc1)NC(=O)O)S(=O)(=O)c1ccc(NC(=O)O)cc1. The van der Waals surface area contributed by atoms with Crippen molar-refractivity contribution < 1.29 is 33.3 Å². The van der Waals surface area contributed by atoms with E-state index in [1.54, 1.807) is 24.3 Å². The van der Waals surface area contributed by atoms with E-state index in [9.17, 15) is 28.2 Å². The maximum atomic E-state index is 13.3. The second kappa shape index (κ2) is 11.6. The van der Waals surface area contributed by atoms with Crippen LogP contribution in [-0.4, -0.2) is 65.5 Å². The van der Waals surface area contributed by atoms with E-state index in [0.29, 0.717) is 0 Å². The molecule has 2 unspecified atom stereocenters. The molecule has 0 fully saturated rings. The summed E-state index contributed by atoms with van der Waals surface area (Å²) in [6.07, 6.45) is -3.73. The Morgan fingerprint density at radius 2 is 1.55 bits per heavy atom. The highest BCUT2D eigenvalue weighted by Gasteiger charge is 2.31. The number of amides is 2. The lowest BCUT2D eigenvalue weighted by atomic mass is 10.0. The van der Waals surface area contributed by atoms with Gasteiger partial charge in [-0.25, -0.2) is 18.0 Å². The molecule has 2 aromatic rings. The smallest absolute Gasteiger partial charge is 0.409 e. The van der Waals surface area contributed by atoms with Gasteiger partial charge in [0, 0.05) is 18.8 Å². The van der Waals surface area contributed by atoms with Crippen LogP contribution in [0.15, 0.2) is 59.5 Å². The lowest BCUT2D eigenvalue weighted by Gasteiger charge is -2.30. The molecular weight excluding hydrogens is 450 g/mol. The number of nitrogens with zero attached hydrogens (tertiary/aromatic N) is 1. The molecular formula is C22H29N3O7S. The number of hydrogen-bond donors (Lipinski definition) is 5. The fourth-order valence-corrected chi connectivity index (χ4v) is 4.93. The number of hydrogen-bond acceptors (Lipinski definition) is 5. The number of sulfonamides is 1. The third-order valence-electron chi connectivity index (χ3n) is 4.77. The summed E-state index contributed by atoms with van der Waals surface area (Å²) in [5, 5.41) is 33.3. The lowest BCUT2D eigenvalue weighted by molar-refractivity contribution is 0.0980. The summed E-state index contributed by atoms with van der Waals surface area (Å²) in [7, 11) is -4.05. The molecule has 0 aliphatic heterocycles. The summed E-state index contributed by atoms with van der Waals surface area (Å²) in [6, 6.07) is 13.2. The van der Waals surface area contributed by atoms with E-state index in [1.165, 1.54) is 24.3 Å². The van der Waals surface area contributed by atoms with Crippen molar-refractivity contribution in [1.82, 2.24) is 9.62 Å². The zero-order valence-electron chi connectivity index (χ0n) is 18.4. The van der Waals surface area contributed by atoms with Crippen LogP contribution in [0.2, 0.25) is 0 Å². The molecule has 0 saturated heterocycles. The van der Waals surface area contributed by atoms with Crippen molar-refractivity contribution in [1.29, 1.82) is 0 Å². The van der Waals surface area contributed by atoms with Gasteiger partial charge in [0.05, 0.1) is 17.0 Å². The Balaban J connectivity index is 2.27. The fourth-order valence-electron chi connectivity index (χ4n) is 3.31. The topological polar surface area (TPSA) is 156 Å². The van der Waals surface area contributed by atoms with Crippen molar-refractivity contribution >= 4 is 27.9 Å². The van der Waals surface area contributed by atoms with Crippen LogP contribution in [-0.2, 0) is 16.4 Å². The van der Waals surface area contributed by atoms with E-state index in [4.69, 9.17) is 5.11 Å². The van der Waals surface area contributed by atoms with Gasteiger partial charge in [-0.15, -0.1) is 0 Å². The Bertz CT molecular complexity index is 1030. The number of aliphatic hydroxyl groups excluding tert-OH is 1. The van der Waals surface area contributed by atoms with Crippen molar-refractivity contribution in [2.24, 2.45) is 5.92 Å². The van der Waals surface area contributed by atoms with E-state index in [2.05, 4.69) is 10.6 Å². The number of nitrogens with one attached hydrogen (secondary N) is 2. The molecule has 2 amide bonds. The van der Waals surface area contributed by atoms with Gasteiger partial charge in [0.2, 0.25) is 10.0 Å². The highest BCUT2D eigenvalue weighted by atomic mass is 32.2. The van der Waals surface area contributed by atoms with Crippen LogP contribution in [0, 0.1) is 5.92 Å². The summed E-state index contributed by atoms with van der Waals surface area (Å²) < 4.78 is 27.7. The van der Waals surface area contributed by atoms with Crippen LogP contribution in [0.5, 0.6) is 0 Å². The maximum absolute atomic E-state index is 13.3. The summed E-state index contributed by atoms with van der Waals surface area (Å²) in [4.78, 5) is 22.0. The Hall–Kier alpha value is -3.15. The van der Waals surface area contributed by atoms with Crippen LogP contribution >= 0.6 is 0 Å². The van der Waals surface area contributed by atoms with Crippen molar-refractivity contribution in [2.75, 3.05) is 18.4 Å². The number of benzene rings is 2. The van der Waals surface area contributed by atoms with Crippen molar-refractivity contribution in [3.63, 3.8) is 0 Å². The highest BCUT2D eigenvalue weighted by Crippen LogP contribution is 2.21. The van der Waals surface area contributed by atoms with Crippen LogP contribution in [0.3, 0.4) is 0 Å². The van der Waals surface area contributed by atoms with E-state index < -0.39 is 34.4 Å². The second-order valence-corrected chi connectivity index (χ2v) is 9.92. The summed E-state index contributed by atoms with van der Waals surface area (Å²) in [6.45, 7) is 3.42. The molecule has 0 aromatic heterocycles. The van der Waals surface area contributed by atoms with E-state index in [-0.39, 0.29) is 36.0 Å². The molecule has 0 aliphatic carbocycles. The molecule has 0 bridgehead atoms. The summed E-state index contributed by atoms with van der Waals surface area (Å²) >= 11 is 0. The van der Waals surface area contributed by atoms with Crippen molar-refractivity contribution in [3.8, 4) is 0 Å². The third kappa shape index (κ3) is 8.04. The first-order chi connectivity index (χ1) is 15.5. The molecule has 2 rings (SSSR count). The summed E-state index contributed by atoms with van der Waals surface area (Å²) in [5.74, 6) is -0.0695. The third-order valence-corrected chi connectivity index (χ3v) is 6.62. The highest BCUT2D eigenvalue weighted by molar-refractivity contribution is 7.89. The van der Waals surface area contributed by atoms with Crippen LogP contribution in [0.4, 0.5) is 15.3 Å². The van der Waals surface area contributed by atoms with Crippen LogP contribution in [0.1, 0.15) is 19.4 Å². The maximum Gasteiger partial charge on any atom is 0.409 e. The van der Waals surface area contributed by atoms with Gasteiger partial charge in [-0.3, -0.25) is 5.32 Å².